The Kier molecular flexibility index (Phi) is 6.10. The van der Waals surface area contributed by atoms with Crippen molar-refractivity contribution in [2.24, 2.45) is 0 Å². The summed E-state index contributed by atoms with van der Waals surface area (Å²) in [4.78, 5) is 14.7. The van der Waals surface area contributed by atoms with Crippen LogP contribution in [0.3, 0.4) is 0 Å². The summed E-state index contributed by atoms with van der Waals surface area (Å²) in [6.45, 7) is 1.19. The topological polar surface area (TPSA) is 94.2 Å². The SMILES string of the molecule is CS(=O)(=O)N[C@H]1CCCN2C(=O)COc3ccccc3C3CC[C@H](CO3)OCC12. The second kappa shape index (κ2) is 8.59. The van der Waals surface area contributed by atoms with E-state index in [1.165, 1.54) is 0 Å². The summed E-state index contributed by atoms with van der Waals surface area (Å²) in [6.07, 6.45) is 4.02. The van der Waals surface area contributed by atoms with Gasteiger partial charge in [-0.25, -0.2) is 13.1 Å². The highest BCUT2D eigenvalue weighted by Gasteiger charge is 2.37. The molecule has 1 amide bonds. The number of piperidine rings is 1. The largest absolute Gasteiger partial charge is 0.483 e. The molecule has 9 heteroatoms. The van der Waals surface area contributed by atoms with Crippen molar-refractivity contribution >= 4 is 15.9 Å². The molecule has 1 N–H and O–H groups in total. The Bertz CT molecular complexity index is 837. The number of sulfonamides is 1. The number of para-hydroxylation sites is 1. The van der Waals surface area contributed by atoms with E-state index in [0.717, 1.165) is 31.1 Å². The minimum absolute atomic E-state index is 0.0714. The molecule has 4 aliphatic heterocycles. The molecule has 1 aromatic carbocycles. The summed E-state index contributed by atoms with van der Waals surface area (Å²) < 4.78 is 44.4. The predicted molar refractivity (Wildman–Crippen MR) is 106 cm³/mol. The highest BCUT2D eigenvalue weighted by molar-refractivity contribution is 7.88. The van der Waals surface area contributed by atoms with E-state index in [0.29, 0.717) is 25.3 Å². The molecular weight excluding hydrogens is 396 g/mol. The van der Waals surface area contributed by atoms with Gasteiger partial charge in [0.15, 0.2) is 6.61 Å². The second-order valence-corrected chi connectivity index (χ2v) is 9.75. The minimum Gasteiger partial charge on any atom is -0.483 e. The summed E-state index contributed by atoms with van der Waals surface area (Å²) in [5.74, 6) is 0.491. The lowest BCUT2D eigenvalue weighted by atomic mass is 9.97. The van der Waals surface area contributed by atoms with Gasteiger partial charge in [0.1, 0.15) is 5.75 Å². The van der Waals surface area contributed by atoms with Gasteiger partial charge in [0.25, 0.3) is 5.91 Å². The molecule has 8 nitrogen and oxygen atoms in total. The van der Waals surface area contributed by atoms with Crippen LogP contribution in [0.15, 0.2) is 24.3 Å². The fourth-order valence-electron chi connectivity index (χ4n) is 4.42. The quantitative estimate of drug-likeness (QED) is 0.767. The highest BCUT2D eigenvalue weighted by atomic mass is 32.2. The molecule has 160 valence electrons. The summed E-state index contributed by atoms with van der Waals surface area (Å²) in [5, 5.41) is 0. The van der Waals surface area contributed by atoms with Gasteiger partial charge in [0.2, 0.25) is 10.0 Å². The molecule has 2 saturated heterocycles. The average molecular weight is 425 g/mol. The number of hydrogen-bond donors (Lipinski definition) is 1. The Hall–Kier alpha value is -1.68. The van der Waals surface area contributed by atoms with Crippen molar-refractivity contribution in [3.05, 3.63) is 29.8 Å². The van der Waals surface area contributed by atoms with Crippen molar-refractivity contribution in [1.82, 2.24) is 9.62 Å². The monoisotopic (exact) mass is 424 g/mol. The third-order valence-electron chi connectivity index (χ3n) is 5.82. The first-order valence-electron chi connectivity index (χ1n) is 10.1. The molecule has 4 heterocycles. The number of benzene rings is 1. The molecule has 0 saturated carbocycles. The number of carbonyl (C=O) groups excluding carboxylic acids is 1. The van der Waals surface area contributed by atoms with Crippen LogP contribution in [-0.2, 0) is 24.3 Å². The normalized spacial score (nSPS) is 30.9. The van der Waals surface area contributed by atoms with E-state index in [-0.39, 0.29) is 43.4 Å². The van der Waals surface area contributed by atoms with Gasteiger partial charge in [-0.2, -0.15) is 0 Å². The average Bonchev–Trinajstić information content (AvgIpc) is 2.71. The lowest BCUT2D eigenvalue weighted by Crippen LogP contribution is -2.59. The van der Waals surface area contributed by atoms with Crippen molar-refractivity contribution in [3.8, 4) is 5.75 Å². The Morgan fingerprint density at radius 1 is 1.10 bits per heavy atom. The zero-order valence-electron chi connectivity index (χ0n) is 16.6. The summed E-state index contributed by atoms with van der Waals surface area (Å²) >= 11 is 0. The molecule has 29 heavy (non-hydrogen) atoms. The van der Waals surface area contributed by atoms with Crippen LogP contribution in [0.4, 0.5) is 0 Å². The molecule has 4 atom stereocenters. The third kappa shape index (κ3) is 4.91. The second-order valence-electron chi connectivity index (χ2n) is 7.97. The van der Waals surface area contributed by atoms with Gasteiger partial charge in [0.05, 0.1) is 37.7 Å². The van der Waals surface area contributed by atoms with Gasteiger partial charge in [0, 0.05) is 18.2 Å². The van der Waals surface area contributed by atoms with Crippen LogP contribution < -0.4 is 9.46 Å². The van der Waals surface area contributed by atoms with Crippen molar-refractivity contribution in [2.75, 3.05) is 32.6 Å². The fourth-order valence-corrected chi connectivity index (χ4v) is 5.25. The molecule has 5 rings (SSSR count). The lowest BCUT2D eigenvalue weighted by molar-refractivity contribution is -0.142. The van der Waals surface area contributed by atoms with E-state index in [1.807, 2.05) is 24.3 Å². The summed E-state index contributed by atoms with van der Waals surface area (Å²) in [7, 11) is -3.40. The van der Waals surface area contributed by atoms with Crippen LogP contribution >= 0.6 is 0 Å². The Balaban J connectivity index is 1.61. The highest BCUT2D eigenvalue weighted by Crippen LogP contribution is 2.35. The van der Waals surface area contributed by atoms with Crippen molar-refractivity contribution in [1.29, 1.82) is 0 Å². The van der Waals surface area contributed by atoms with E-state index in [1.54, 1.807) is 4.90 Å². The number of rotatable bonds is 2. The Morgan fingerprint density at radius 3 is 2.69 bits per heavy atom. The van der Waals surface area contributed by atoms with E-state index in [2.05, 4.69) is 4.72 Å². The van der Waals surface area contributed by atoms with E-state index in [4.69, 9.17) is 14.2 Å². The molecule has 0 aliphatic carbocycles. The number of nitrogens with zero attached hydrogens (tertiary/aromatic N) is 1. The number of carbonyl (C=O) groups is 1. The fraction of sp³-hybridized carbons (Fsp3) is 0.650. The molecule has 2 bridgehead atoms. The molecule has 0 aromatic heterocycles. The maximum absolute atomic E-state index is 13.0. The zero-order chi connectivity index (χ0) is 20.4. The van der Waals surface area contributed by atoms with Crippen LogP contribution in [0.25, 0.3) is 0 Å². The third-order valence-corrected chi connectivity index (χ3v) is 6.55. The minimum atomic E-state index is -3.40. The van der Waals surface area contributed by atoms with Crippen molar-refractivity contribution < 1.29 is 27.4 Å². The first-order valence-corrected chi connectivity index (χ1v) is 12.0. The van der Waals surface area contributed by atoms with E-state index < -0.39 is 10.0 Å². The van der Waals surface area contributed by atoms with Crippen LogP contribution in [0.5, 0.6) is 5.75 Å². The number of fused-ring (bicyclic) bond motifs is 5. The van der Waals surface area contributed by atoms with Crippen molar-refractivity contribution in [3.63, 3.8) is 0 Å². The molecule has 4 aliphatic rings. The van der Waals surface area contributed by atoms with Gasteiger partial charge in [-0.3, -0.25) is 4.79 Å². The number of hydrogen-bond acceptors (Lipinski definition) is 6. The van der Waals surface area contributed by atoms with Crippen LogP contribution in [-0.4, -0.2) is 70.0 Å². The smallest absolute Gasteiger partial charge is 0.260 e. The maximum Gasteiger partial charge on any atom is 0.260 e. The lowest BCUT2D eigenvalue weighted by Gasteiger charge is -2.41. The summed E-state index contributed by atoms with van der Waals surface area (Å²) in [5.41, 5.74) is 0.949. The molecular formula is C20H28N2O6S. The number of amides is 1. The maximum atomic E-state index is 13.0. The molecule has 2 unspecified atom stereocenters. The van der Waals surface area contributed by atoms with E-state index in [9.17, 15) is 13.2 Å². The molecule has 0 radical (unpaired) electrons. The predicted octanol–water partition coefficient (Wildman–Crippen LogP) is 1.22. The molecule has 1 aromatic rings. The van der Waals surface area contributed by atoms with Crippen LogP contribution in [0.2, 0.25) is 0 Å². The van der Waals surface area contributed by atoms with Crippen molar-refractivity contribution in [2.45, 2.75) is 50.0 Å². The van der Waals surface area contributed by atoms with Crippen LogP contribution in [0.1, 0.15) is 37.4 Å². The standard InChI is InChI=1S/C20H28N2O6S/c1-29(24,25)21-16-6-4-10-22-17(16)12-26-14-8-9-19(27-11-14)15-5-2-3-7-18(15)28-13-20(22)23/h2-3,5,7,14,16-17,19,21H,4,6,8-13H2,1H3/t14-,16+,17?,19?/m1/s1. The van der Waals surface area contributed by atoms with E-state index >= 15 is 0 Å². The van der Waals surface area contributed by atoms with Gasteiger partial charge >= 0.3 is 0 Å². The summed E-state index contributed by atoms with van der Waals surface area (Å²) in [6, 6.07) is 6.90. The first-order chi connectivity index (χ1) is 13.9. The zero-order valence-corrected chi connectivity index (χ0v) is 17.4. The molecule has 2 fully saturated rings. The Morgan fingerprint density at radius 2 is 1.93 bits per heavy atom. The van der Waals surface area contributed by atoms with Gasteiger partial charge in [-0.05, 0) is 31.7 Å². The number of ether oxygens (including phenoxy) is 3. The van der Waals surface area contributed by atoms with Gasteiger partial charge in [-0.1, -0.05) is 18.2 Å². The van der Waals surface area contributed by atoms with Crippen LogP contribution in [0, 0.1) is 0 Å². The first kappa shape index (κ1) is 20.6. The Labute approximate surface area is 171 Å². The van der Waals surface area contributed by atoms with Gasteiger partial charge < -0.3 is 19.1 Å². The molecule has 0 spiro atoms. The number of nitrogens with one attached hydrogen (secondary N) is 1. The van der Waals surface area contributed by atoms with Gasteiger partial charge in [-0.15, -0.1) is 0 Å².